The van der Waals surface area contributed by atoms with Crippen molar-refractivity contribution in [2.45, 2.75) is 0 Å². The summed E-state index contributed by atoms with van der Waals surface area (Å²) in [7, 11) is -1.96. The molecule has 0 N–H and O–H groups in total. The molecule has 31 heavy (non-hydrogen) atoms. The van der Waals surface area contributed by atoms with Gasteiger partial charge in [0, 0.05) is 0 Å². The molecule has 3 rings (SSSR count). The average molecular weight is 433 g/mol. The van der Waals surface area contributed by atoms with Crippen LogP contribution in [0.5, 0.6) is 34.5 Å². The molecule has 0 spiro atoms. The lowest BCUT2D eigenvalue weighted by atomic mass is 10.3. The zero-order valence-electron chi connectivity index (χ0n) is 15.7. The van der Waals surface area contributed by atoms with Crippen molar-refractivity contribution in [2.24, 2.45) is 0 Å². The minimum absolute atomic E-state index is 0.363. The molecule has 0 bridgehead atoms. The molecule has 0 fully saturated rings. The number of hydrogen-bond donors (Lipinski definition) is 0. The Kier molecular flexibility index (Phi) is 7.33. The first kappa shape index (κ1) is 21.1. The summed E-state index contributed by atoms with van der Waals surface area (Å²) >= 11 is 0. The zero-order valence-corrected chi connectivity index (χ0v) is 16.6. The number of nitrogens with zero attached hydrogens (tertiary/aromatic N) is 3. The highest BCUT2D eigenvalue weighted by Crippen LogP contribution is 2.43. The standard InChI is InChI=1S/C21H12N3O6P/c22-13-25-16-1-7-19(8-2-16)28-31(29-20-9-3-17(4-10-20)26-14-23)30-21-11-5-18(6-12-21)27-15-24/h1-12H. The first-order chi connectivity index (χ1) is 15.2. The van der Waals surface area contributed by atoms with E-state index >= 15 is 0 Å². The van der Waals surface area contributed by atoms with Gasteiger partial charge in [-0.25, -0.2) is 0 Å². The van der Waals surface area contributed by atoms with Gasteiger partial charge in [-0.1, -0.05) is 0 Å². The van der Waals surface area contributed by atoms with Crippen molar-refractivity contribution in [3.05, 3.63) is 72.8 Å². The van der Waals surface area contributed by atoms with Gasteiger partial charge in [0.25, 0.3) is 18.8 Å². The second-order valence-electron chi connectivity index (χ2n) is 5.49. The summed E-state index contributed by atoms with van der Waals surface area (Å²) in [6, 6.07) is 19.0. The number of nitriles is 3. The largest absolute Gasteiger partial charge is 0.530 e. The van der Waals surface area contributed by atoms with Gasteiger partial charge < -0.3 is 27.8 Å². The molecule has 0 atom stereocenters. The first-order valence-electron chi connectivity index (χ1n) is 8.52. The van der Waals surface area contributed by atoms with Crippen LogP contribution in [0.25, 0.3) is 0 Å². The smallest absolute Gasteiger partial charge is 0.409 e. The first-order valence-corrected chi connectivity index (χ1v) is 9.62. The zero-order chi connectivity index (χ0) is 21.9. The molecule has 0 aliphatic carbocycles. The number of ether oxygens (including phenoxy) is 3. The lowest BCUT2D eigenvalue weighted by Crippen LogP contribution is -2.02. The van der Waals surface area contributed by atoms with Crippen LogP contribution in [-0.2, 0) is 0 Å². The molecule has 0 aromatic heterocycles. The molecule has 0 radical (unpaired) electrons. The molecule has 10 heteroatoms. The van der Waals surface area contributed by atoms with Crippen molar-refractivity contribution in [3.8, 4) is 53.3 Å². The summed E-state index contributed by atoms with van der Waals surface area (Å²) in [5.41, 5.74) is 0. The summed E-state index contributed by atoms with van der Waals surface area (Å²) in [4.78, 5) is 0. The van der Waals surface area contributed by atoms with Crippen LogP contribution in [-0.4, -0.2) is 0 Å². The highest BCUT2D eigenvalue weighted by Gasteiger charge is 2.20. The monoisotopic (exact) mass is 433 g/mol. The van der Waals surface area contributed by atoms with E-state index in [2.05, 4.69) is 0 Å². The minimum atomic E-state index is -1.96. The number of rotatable bonds is 9. The normalized spacial score (nSPS) is 9.48. The van der Waals surface area contributed by atoms with Gasteiger partial charge in [-0.05, 0) is 72.8 Å². The van der Waals surface area contributed by atoms with E-state index in [0.717, 1.165) is 0 Å². The molecule has 0 amide bonds. The second-order valence-corrected chi connectivity index (χ2v) is 6.49. The lowest BCUT2D eigenvalue weighted by Gasteiger charge is -2.18. The van der Waals surface area contributed by atoms with Crippen molar-refractivity contribution in [1.29, 1.82) is 15.8 Å². The summed E-state index contributed by atoms with van der Waals surface area (Å²) in [5, 5.41) is 25.7. The molecule has 9 nitrogen and oxygen atoms in total. The quantitative estimate of drug-likeness (QED) is 0.337. The third-order valence-electron chi connectivity index (χ3n) is 3.50. The number of hydrogen-bond acceptors (Lipinski definition) is 9. The topological polar surface area (TPSA) is 127 Å². The highest BCUT2D eigenvalue weighted by molar-refractivity contribution is 7.43. The van der Waals surface area contributed by atoms with Crippen molar-refractivity contribution in [1.82, 2.24) is 0 Å². The van der Waals surface area contributed by atoms with E-state index in [9.17, 15) is 0 Å². The van der Waals surface area contributed by atoms with E-state index in [4.69, 9.17) is 43.6 Å². The fourth-order valence-corrected chi connectivity index (χ4v) is 3.17. The van der Waals surface area contributed by atoms with Crippen LogP contribution in [0.1, 0.15) is 0 Å². The summed E-state index contributed by atoms with van der Waals surface area (Å²) in [5.74, 6) is 2.35. The SMILES string of the molecule is N#COc1ccc(OP(Oc2ccc(OC#N)cc2)Oc2ccc(OC#N)cc2)cc1. The third-order valence-corrected chi connectivity index (χ3v) is 4.58. The Morgan fingerprint density at radius 1 is 0.419 bits per heavy atom. The van der Waals surface area contributed by atoms with Crippen molar-refractivity contribution < 1.29 is 27.8 Å². The summed E-state index contributed by atoms with van der Waals surface area (Å²) in [6.45, 7) is 0. The molecule has 0 saturated carbocycles. The molecule has 0 aliphatic rings. The molecule has 3 aromatic rings. The molecule has 0 heterocycles. The van der Waals surface area contributed by atoms with Gasteiger partial charge >= 0.3 is 8.60 Å². The van der Waals surface area contributed by atoms with Gasteiger partial charge in [0.05, 0.1) is 0 Å². The predicted molar refractivity (Wildman–Crippen MR) is 107 cm³/mol. The van der Waals surface area contributed by atoms with Crippen molar-refractivity contribution in [3.63, 3.8) is 0 Å². The lowest BCUT2D eigenvalue weighted by molar-refractivity contribution is 0.387. The molecule has 3 aromatic carbocycles. The van der Waals surface area contributed by atoms with Gasteiger partial charge in [-0.3, -0.25) is 0 Å². The Morgan fingerprint density at radius 2 is 0.645 bits per heavy atom. The molecule has 152 valence electrons. The average Bonchev–Trinajstić information content (AvgIpc) is 2.78. The Balaban J connectivity index is 1.76. The van der Waals surface area contributed by atoms with Gasteiger partial charge in [0.1, 0.15) is 34.5 Å². The van der Waals surface area contributed by atoms with Gasteiger partial charge in [-0.2, -0.15) is 0 Å². The minimum Gasteiger partial charge on any atom is -0.409 e. The molecular formula is C21H12N3O6P. The molecular weight excluding hydrogens is 421 g/mol. The van der Waals surface area contributed by atoms with Crippen molar-refractivity contribution in [2.75, 3.05) is 0 Å². The van der Waals surface area contributed by atoms with E-state index < -0.39 is 8.60 Å². The van der Waals surface area contributed by atoms with Crippen LogP contribution in [0.2, 0.25) is 0 Å². The third kappa shape index (κ3) is 6.44. The number of benzene rings is 3. The summed E-state index contributed by atoms with van der Waals surface area (Å²) < 4.78 is 31.7. The molecule has 0 saturated heterocycles. The fourth-order valence-electron chi connectivity index (χ4n) is 2.18. The fraction of sp³-hybridized carbons (Fsp3) is 0. The van der Waals surface area contributed by atoms with Crippen molar-refractivity contribution >= 4 is 8.60 Å². The highest BCUT2D eigenvalue weighted by atomic mass is 31.2. The maximum Gasteiger partial charge on any atom is 0.530 e. The Morgan fingerprint density at radius 3 is 0.871 bits per heavy atom. The van der Waals surface area contributed by atoms with E-state index in [-0.39, 0.29) is 0 Å². The van der Waals surface area contributed by atoms with E-state index in [1.807, 2.05) is 0 Å². The van der Waals surface area contributed by atoms with Crippen LogP contribution in [0.4, 0.5) is 0 Å². The van der Waals surface area contributed by atoms with Gasteiger partial charge in [0.2, 0.25) is 0 Å². The Hall–Kier alpha value is -4.64. The van der Waals surface area contributed by atoms with Crippen LogP contribution >= 0.6 is 8.60 Å². The van der Waals surface area contributed by atoms with Crippen LogP contribution in [0.3, 0.4) is 0 Å². The Bertz CT molecular complexity index is 971. The van der Waals surface area contributed by atoms with Gasteiger partial charge in [0.15, 0.2) is 0 Å². The van der Waals surface area contributed by atoms with E-state index in [1.165, 1.54) is 0 Å². The van der Waals surface area contributed by atoms with E-state index in [1.54, 1.807) is 91.6 Å². The van der Waals surface area contributed by atoms with Gasteiger partial charge in [-0.15, -0.1) is 15.8 Å². The maximum atomic E-state index is 8.58. The van der Waals surface area contributed by atoms with Crippen LogP contribution in [0.15, 0.2) is 72.8 Å². The molecule has 0 unspecified atom stereocenters. The predicted octanol–water partition coefficient (Wildman–Crippen LogP) is 5.03. The van der Waals surface area contributed by atoms with Crippen LogP contribution in [0, 0.1) is 34.6 Å². The second kappa shape index (κ2) is 10.8. The van der Waals surface area contributed by atoms with Crippen LogP contribution < -0.4 is 27.8 Å². The Labute approximate surface area is 178 Å². The molecule has 0 aliphatic heterocycles. The maximum absolute atomic E-state index is 8.58. The van der Waals surface area contributed by atoms with E-state index in [0.29, 0.717) is 34.5 Å². The summed E-state index contributed by atoms with van der Waals surface area (Å²) in [6.07, 6.45) is 4.77.